The first-order valence-corrected chi connectivity index (χ1v) is 13.3. The summed E-state index contributed by atoms with van der Waals surface area (Å²) < 4.78 is 6.09. The van der Waals surface area contributed by atoms with Crippen molar-refractivity contribution >= 4 is 29.4 Å². The molecule has 5 nitrogen and oxygen atoms in total. The average molecular weight is 458 g/mol. The Bertz CT molecular complexity index is 925. The van der Waals surface area contributed by atoms with Crippen molar-refractivity contribution < 1.29 is 19.1 Å². The van der Waals surface area contributed by atoms with Crippen LogP contribution in [0.4, 0.5) is 0 Å². The van der Waals surface area contributed by atoms with Gasteiger partial charge >= 0.3 is 5.97 Å². The maximum Gasteiger partial charge on any atom is 0.306 e. The lowest BCUT2D eigenvalue weighted by atomic mass is 9.50. The number of amides is 1. The van der Waals surface area contributed by atoms with Crippen molar-refractivity contribution in [2.24, 2.45) is 22.7 Å². The van der Waals surface area contributed by atoms with Crippen LogP contribution in [0.2, 0.25) is 0 Å². The number of carbonyl (C=O) groups is 3. The van der Waals surface area contributed by atoms with Crippen LogP contribution in [0.15, 0.2) is 23.3 Å². The summed E-state index contributed by atoms with van der Waals surface area (Å²) in [5.41, 5.74) is 2.49. The predicted molar refractivity (Wildman–Crippen MR) is 125 cm³/mol. The molecule has 6 heteroatoms. The van der Waals surface area contributed by atoms with Crippen LogP contribution in [0.25, 0.3) is 0 Å². The molecule has 0 aromatic carbocycles. The minimum absolute atomic E-state index is 0.00835. The maximum atomic E-state index is 12.3. The summed E-state index contributed by atoms with van der Waals surface area (Å²) in [4.78, 5) is 35.8. The molecule has 4 aliphatic carbocycles. The van der Waals surface area contributed by atoms with Gasteiger partial charge in [-0.1, -0.05) is 31.1 Å². The second-order valence-electron chi connectivity index (χ2n) is 11.0. The molecule has 1 amide bonds. The Morgan fingerprint density at radius 3 is 2.75 bits per heavy atom. The zero-order valence-corrected chi connectivity index (χ0v) is 20.3. The van der Waals surface area contributed by atoms with Crippen LogP contribution in [0.5, 0.6) is 0 Å². The number of nitrogens with one attached hydrogen (secondary N) is 1. The molecule has 1 aliphatic heterocycles. The maximum absolute atomic E-state index is 12.3. The molecule has 0 aromatic heterocycles. The predicted octanol–water partition coefficient (Wildman–Crippen LogP) is 4.36. The van der Waals surface area contributed by atoms with E-state index in [1.807, 2.05) is 17.8 Å². The monoisotopic (exact) mass is 457 g/mol. The van der Waals surface area contributed by atoms with Gasteiger partial charge in [-0.2, -0.15) is 11.8 Å². The quantitative estimate of drug-likeness (QED) is 0.386. The van der Waals surface area contributed by atoms with Crippen molar-refractivity contribution in [3.8, 4) is 0 Å². The van der Waals surface area contributed by atoms with Crippen molar-refractivity contribution in [2.75, 3.05) is 12.3 Å². The number of hydrogen-bond donors (Lipinski definition) is 1. The number of carbonyl (C=O) groups excluding carboxylic acids is 3. The van der Waals surface area contributed by atoms with Crippen LogP contribution >= 0.6 is 11.8 Å². The lowest BCUT2D eigenvalue weighted by Crippen LogP contribution is -2.53. The van der Waals surface area contributed by atoms with Crippen LogP contribution in [0.1, 0.15) is 72.1 Å². The summed E-state index contributed by atoms with van der Waals surface area (Å²) in [6.07, 6.45) is 11.3. The van der Waals surface area contributed by atoms with Crippen molar-refractivity contribution in [3.05, 3.63) is 23.3 Å². The molecule has 0 bridgehead atoms. The number of fused-ring (bicyclic) bond motifs is 6. The van der Waals surface area contributed by atoms with E-state index in [1.165, 1.54) is 11.1 Å². The molecule has 1 heterocycles. The standard InChI is InChI=1S/C26H35NO4S/c1-16(28)27-12-13-32-21-15-17-14-18(29)4-8-24(17,2)19-5-9-25(3)20(23(19)21)6-10-26(25)11-7-22(30)31-26/h5,14,20-21,23H,4,6-13,15H2,1-3H3,(H,27,28)/t20?,21-,23?,24+,25+,26-/m1/s1. The van der Waals surface area contributed by atoms with E-state index in [0.29, 0.717) is 36.5 Å². The molecule has 174 valence electrons. The summed E-state index contributed by atoms with van der Waals surface area (Å²) in [5.74, 6) is 2.03. The SMILES string of the molecule is CC(=O)NCCS[C@@H]1CC2=CC(=O)CC[C@]2(C)C2=CC[C@@]3(C)C(CC[C@@]34CCC(=O)O4)C21. The number of thioether (sulfide) groups is 1. The third-order valence-electron chi connectivity index (χ3n) is 9.48. The van der Waals surface area contributed by atoms with Crippen molar-refractivity contribution in [1.82, 2.24) is 5.32 Å². The fraction of sp³-hybridized carbons (Fsp3) is 0.731. The number of allylic oxidation sites excluding steroid dienone is 4. The van der Waals surface area contributed by atoms with Gasteiger partial charge in [0.15, 0.2) is 5.78 Å². The van der Waals surface area contributed by atoms with Gasteiger partial charge in [-0.3, -0.25) is 14.4 Å². The van der Waals surface area contributed by atoms with Crippen LogP contribution in [-0.4, -0.2) is 40.8 Å². The molecule has 32 heavy (non-hydrogen) atoms. The molecule has 2 saturated carbocycles. The van der Waals surface area contributed by atoms with Gasteiger partial charge in [0, 0.05) is 48.1 Å². The number of hydrogen-bond acceptors (Lipinski definition) is 5. The first-order chi connectivity index (χ1) is 15.2. The van der Waals surface area contributed by atoms with Crippen molar-refractivity contribution in [3.63, 3.8) is 0 Å². The molecule has 1 saturated heterocycles. The topological polar surface area (TPSA) is 72.5 Å². The van der Waals surface area contributed by atoms with Gasteiger partial charge in [-0.25, -0.2) is 0 Å². The lowest BCUT2D eigenvalue weighted by molar-refractivity contribution is -0.160. The molecule has 1 N–H and O–H groups in total. The third-order valence-corrected chi connectivity index (χ3v) is 10.8. The Kier molecular flexibility index (Phi) is 5.39. The van der Waals surface area contributed by atoms with Gasteiger partial charge in [0.1, 0.15) is 5.60 Å². The van der Waals surface area contributed by atoms with E-state index in [2.05, 4.69) is 25.2 Å². The van der Waals surface area contributed by atoms with Crippen molar-refractivity contribution in [2.45, 2.75) is 83.0 Å². The van der Waals surface area contributed by atoms with Gasteiger partial charge in [0.25, 0.3) is 0 Å². The summed E-state index contributed by atoms with van der Waals surface area (Å²) >= 11 is 1.94. The van der Waals surface area contributed by atoms with E-state index in [9.17, 15) is 14.4 Å². The first kappa shape index (κ1) is 22.2. The first-order valence-electron chi connectivity index (χ1n) is 12.2. The molecule has 5 rings (SSSR count). The minimum atomic E-state index is -0.304. The molecular weight excluding hydrogens is 422 g/mol. The van der Waals surface area contributed by atoms with Crippen LogP contribution in [-0.2, 0) is 19.1 Å². The van der Waals surface area contributed by atoms with Crippen LogP contribution in [0, 0.1) is 22.7 Å². The number of ketones is 1. The molecule has 5 aliphatic rings. The smallest absolute Gasteiger partial charge is 0.306 e. The van der Waals surface area contributed by atoms with Gasteiger partial charge in [0.05, 0.1) is 0 Å². The molecule has 2 unspecified atom stereocenters. The summed E-state index contributed by atoms with van der Waals surface area (Å²) in [7, 11) is 0. The highest BCUT2D eigenvalue weighted by Crippen LogP contribution is 2.69. The largest absolute Gasteiger partial charge is 0.458 e. The van der Waals surface area contributed by atoms with Gasteiger partial charge in [0.2, 0.25) is 5.91 Å². The lowest BCUT2D eigenvalue weighted by Gasteiger charge is -2.57. The molecule has 0 aromatic rings. The van der Waals surface area contributed by atoms with Gasteiger partial charge < -0.3 is 10.1 Å². The summed E-state index contributed by atoms with van der Waals surface area (Å²) in [5, 5.41) is 3.31. The normalized spacial score (nSPS) is 42.5. The Labute approximate surface area is 195 Å². The van der Waals surface area contributed by atoms with Crippen LogP contribution in [0.3, 0.4) is 0 Å². The zero-order chi connectivity index (χ0) is 22.7. The van der Waals surface area contributed by atoms with E-state index in [4.69, 9.17) is 4.74 Å². The zero-order valence-electron chi connectivity index (χ0n) is 19.5. The fourth-order valence-electron chi connectivity index (χ4n) is 7.69. The Hall–Kier alpha value is -1.56. The van der Waals surface area contributed by atoms with Gasteiger partial charge in [-0.15, -0.1) is 0 Å². The Morgan fingerprint density at radius 2 is 2.03 bits per heavy atom. The van der Waals surface area contributed by atoms with E-state index >= 15 is 0 Å². The molecule has 6 atom stereocenters. The summed E-state index contributed by atoms with van der Waals surface area (Å²) in [6.45, 7) is 6.95. The highest BCUT2D eigenvalue weighted by molar-refractivity contribution is 7.99. The minimum Gasteiger partial charge on any atom is -0.458 e. The molecule has 0 radical (unpaired) electrons. The number of rotatable bonds is 4. The van der Waals surface area contributed by atoms with E-state index in [-0.39, 0.29) is 34.1 Å². The second kappa shape index (κ2) is 7.75. The van der Waals surface area contributed by atoms with E-state index < -0.39 is 0 Å². The highest BCUT2D eigenvalue weighted by Gasteiger charge is 2.66. The third kappa shape index (κ3) is 3.23. The molecule has 3 fully saturated rings. The van der Waals surface area contributed by atoms with E-state index in [1.54, 1.807) is 6.92 Å². The van der Waals surface area contributed by atoms with Crippen LogP contribution < -0.4 is 5.32 Å². The number of esters is 1. The Morgan fingerprint density at radius 1 is 1.22 bits per heavy atom. The summed E-state index contributed by atoms with van der Waals surface area (Å²) in [6, 6.07) is 0. The molecular formula is C26H35NO4S. The Balaban J connectivity index is 1.50. The highest BCUT2D eigenvalue weighted by atomic mass is 32.2. The average Bonchev–Trinajstić information content (AvgIpc) is 3.26. The van der Waals surface area contributed by atoms with E-state index in [0.717, 1.165) is 44.3 Å². The number of ether oxygens (including phenoxy) is 1. The van der Waals surface area contributed by atoms with Crippen molar-refractivity contribution in [1.29, 1.82) is 0 Å². The second-order valence-corrected chi connectivity index (χ2v) is 12.3. The molecule has 1 spiro atoms. The fourth-order valence-corrected chi connectivity index (χ4v) is 9.05. The van der Waals surface area contributed by atoms with Gasteiger partial charge in [-0.05, 0) is 56.4 Å².